The van der Waals surface area contributed by atoms with Gasteiger partial charge >= 0.3 is 5.97 Å². The summed E-state index contributed by atoms with van der Waals surface area (Å²) >= 11 is 0. The molecule has 0 radical (unpaired) electrons. The lowest BCUT2D eigenvalue weighted by Gasteiger charge is -2.26. The fourth-order valence-corrected chi connectivity index (χ4v) is 3.85. The molecule has 1 heterocycles. The van der Waals surface area contributed by atoms with E-state index in [-0.39, 0.29) is 18.6 Å². The van der Waals surface area contributed by atoms with E-state index < -0.39 is 5.97 Å². The number of nitrogens with one attached hydrogen (secondary N) is 1. The first kappa shape index (κ1) is 17.3. The number of hydrogen-bond acceptors (Lipinski definition) is 3. The zero-order valence-electron chi connectivity index (χ0n) is 15.3. The Bertz CT molecular complexity index is 1010. The van der Waals surface area contributed by atoms with Crippen molar-refractivity contribution in [1.82, 2.24) is 9.88 Å². The molecule has 0 saturated heterocycles. The van der Waals surface area contributed by atoms with Crippen LogP contribution in [0.2, 0.25) is 0 Å². The average Bonchev–Trinajstić information content (AvgIpc) is 3.04. The van der Waals surface area contributed by atoms with Crippen LogP contribution in [0.4, 0.5) is 0 Å². The first-order chi connectivity index (χ1) is 13.1. The van der Waals surface area contributed by atoms with Crippen molar-refractivity contribution in [3.63, 3.8) is 0 Å². The van der Waals surface area contributed by atoms with Crippen molar-refractivity contribution >= 4 is 22.8 Å². The Balaban J connectivity index is 1.40. The predicted molar refractivity (Wildman–Crippen MR) is 103 cm³/mol. The van der Waals surface area contributed by atoms with E-state index in [1.54, 1.807) is 6.20 Å². The van der Waals surface area contributed by atoms with E-state index in [0.717, 1.165) is 35.7 Å². The van der Waals surface area contributed by atoms with E-state index >= 15 is 0 Å². The topological polar surface area (TPSA) is 60.3 Å². The van der Waals surface area contributed by atoms with Crippen molar-refractivity contribution in [3.8, 4) is 0 Å². The van der Waals surface area contributed by atoms with Gasteiger partial charge in [-0.15, -0.1) is 0 Å². The first-order valence-electron chi connectivity index (χ1n) is 9.22. The molecule has 1 amide bonds. The van der Waals surface area contributed by atoms with Crippen LogP contribution in [0.15, 0.2) is 54.7 Å². The minimum absolute atomic E-state index is 0.0151. The Morgan fingerprint density at radius 2 is 1.93 bits per heavy atom. The normalized spacial score (nSPS) is 16.0. The van der Waals surface area contributed by atoms with Gasteiger partial charge in [-0.25, -0.2) is 4.79 Å². The summed E-state index contributed by atoms with van der Waals surface area (Å²) in [6.45, 7) is -0.277. The summed E-state index contributed by atoms with van der Waals surface area (Å²) in [4.78, 5) is 24.8. The summed E-state index contributed by atoms with van der Waals surface area (Å²) in [7, 11) is 1.88. The van der Waals surface area contributed by atoms with Gasteiger partial charge in [-0.05, 0) is 36.5 Å². The number of aryl methyl sites for hydroxylation is 2. The van der Waals surface area contributed by atoms with Gasteiger partial charge in [0.25, 0.3) is 5.91 Å². The van der Waals surface area contributed by atoms with Crippen LogP contribution >= 0.6 is 0 Å². The molecule has 5 heteroatoms. The number of ether oxygens (including phenoxy) is 1. The van der Waals surface area contributed by atoms with Gasteiger partial charge in [0.2, 0.25) is 0 Å². The fourth-order valence-electron chi connectivity index (χ4n) is 3.85. The number of nitrogens with zero attached hydrogens (tertiary/aromatic N) is 1. The highest BCUT2D eigenvalue weighted by atomic mass is 16.5. The molecule has 4 rings (SSSR count). The number of hydrogen-bond donors (Lipinski definition) is 1. The van der Waals surface area contributed by atoms with Gasteiger partial charge in [0.15, 0.2) is 6.61 Å². The van der Waals surface area contributed by atoms with Gasteiger partial charge in [-0.2, -0.15) is 0 Å². The number of carbonyl (C=O) groups excluding carboxylic acids is 2. The Kier molecular flexibility index (Phi) is 4.67. The van der Waals surface area contributed by atoms with Crippen LogP contribution < -0.4 is 5.32 Å². The highest BCUT2D eigenvalue weighted by Crippen LogP contribution is 2.29. The molecule has 1 aromatic heterocycles. The number of benzene rings is 2. The zero-order chi connectivity index (χ0) is 18.8. The van der Waals surface area contributed by atoms with E-state index in [9.17, 15) is 9.59 Å². The van der Waals surface area contributed by atoms with Crippen LogP contribution in [0.1, 0.15) is 40.4 Å². The third kappa shape index (κ3) is 3.45. The summed E-state index contributed by atoms with van der Waals surface area (Å²) in [5.74, 6) is -0.753. The van der Waals surface area contributed by atoms with Gasteiger partial charge in [0, 0.05) is 24.1 Å². The minimum Gasteiger partial charge on any atom is -0.452 e. The summed E-state index contributed by atoms with van der Waals surface area (Å²) in [5.41, 5.74) is 3.87. The molecule has 138 valence electrons. The number of carbonyl (C=O) groups is 2. The molecule has 27 heavy (non-hydrogen) atoms. The summed E-state index contributed by atoms with van der Waals surface area (Å²) in [6.07, 6.45) is 4.72. The second-order valence-corrected chi connectivity index (χ2v) is 6.96. The van der Waals surface area contributed by atoms with Crippen molar-refractivity contribution in [1.29, 1.82) is 0 Å². The Morgan fingerprint density at radius 3 is 2.81 bits per heavy atom. The van der Waals surface area contributed by atoms with Crippen LogP contribution in [-0.2, 0) is 23.0 Å². The van der Waals surface area contributed by atoms with Crippen LogP contribution in [-0.4, -0.2) is 23.1 Å². The van der Waals surface area contributed by atoms with Gasteiger partial charge in [-0.3, -0.25) is 4.79 Å². The number of para-hydroxylation sites is 1. The molecule has 1 N–H and O–H groups in total. The molecule has 1 atom stereocenters. The fraction of sp³-hybridized carbons (Fsp3) is 0.273. The highest BCUT2D eigenvalue weighted by Gasteiger charge is 2.22. The van der Waals surface area contributed by atoms with E-state index in [0.29, 0.717) is 5.56 Å². The number of aromatic nitrogens is 1. The quantitative estimate of drug-likeness (QED) is 0.722. The zero-order valence-corrected chi connectivity index (χ0v) is 15.3. The summed E-state index contributed by atoms with van der Waals surface area (Å²) in [6, 6.07) is 15.8. The standard InChI is InChI=1S/C22H22N2O3/c1-24-13-18(17-10-4-5-12-20(17)24)22(26)27-14-21(25)23-19-11-6-8-15-7-2-3-9-16(15)19/h2-5,7,9-10,12-13,19H,6,8,11,14H2,1H3,(H,23,25). The number of rotatable bonds is 4. The predicted octanol–water partition coefficient (Wildman–Crippen LogP) is 3.53. The third-order valence-electron chi connectivity index (χ3n) is 5.16. The largest absolute Gasteiger partial charge is 0.452 e. The Morgan fingerprint density at radius 1 is 1.15 bits per heavy atom. The van der Waals surface area contributed by atoms with E-state index in [1.165, 1.54) is 5.56 Å². The highest BCUT2D eigenvalue weighted by molar-refractivity contribution is 6.04. The van der Waals surface area contributed by atoms with Crippen molar-refractivity contribution in [2.45, 2.75) is 25.3 Å². The number of fused-ring (bicyclic) bond motifs is 2. The molecule has 0 fully saturated rings. The maximum Gasteiger partial charge on any atom is 0.340 e. The van der Waals surface area contributed by atoms with E-state index in [2.05, 4.69) is 17.4 Å². The molecule has 0 aliphatic heterocycles. The molecule has 3 aromatic rings. The van der Waals surface area contributed by atoms with Crippen molar-refractivity contribution in [2.24, 2.45) is 7.05 Å². The van der Waals surface area contributed by atoms with Crippen LogP contribution in [0.3, 0.4) is 0 Å². The van der Waals surface area contributed by atoms with Crippen molar-refractivity contribution in [2.75, 3.05) is 6.61 Å². The third-order valence-corrected chi connectivity index (χ3v) is 5.16. The van der Waals surface area contributed by atoms with E-state index in [1.807, 2.05) is 48.0 Å². The first-order valence-corrected chi connectivity index (χ1v) is 9.22. The lowest BCUT2D eigenvalue weighted by atomic mass is 9.88. The van der Waals surface area contributed by atoms with Crippen LogP contribution in [0.25, 0.3) is 10.9 Å². The maximum atomic E-state index is 12.5. The summed E-state index contributed by atoms with van der Waals surface area (Å²) in [5, 5.41) is 3.83. The Labute approximate surface area is 157 Å². The maximum absolute atomic E-state index is 12.5. The van der Waals surface area contributed by atoms with Gasteiger partial charge < -0.3 is 14.6 Å². The molecule has 1 aliphatic carbocycles. The second kappa shape index (κ2) is 7.27. The number of amides is 1. The molecular weight excluding hydrogens is 340 g/mol. The molecule has 0 bridgehead atoms. The average molecular weight is 362 g/mol. The lowest BCUT2D eigenvalue weighted by molar-refractivity contribution is -0.125. The van der Waals surface area contributed by atoms with E-state index in [4.69, 9.17) is 4.74 Å². The minimum atomic E-state index is -0.481. The Hall–Kier alpha value is -3.08. The van der Waals surface area contributed by atoms with Crippen molar-refractivity contribution < 1.29 is 14.3 Å². The van der Waals surface area contributed by atoms with Gasteiger partial charge in [0.05, 0.1) is 11.6 Å². The molecule has 0 spiro atoms. The summed E-state index contributed by atoms with van der Waals surface area (Å²) < 4.78 is 7.16. The lowest BCUT2D eigenvalue weighted by Crippen LogP contribution is -2.34. The molecule has 0 saturated carbocycles. The molecular formula is C22H22N2O3. The monoisotopic (exact) mass is 362 g/mol. The smallest absolute Gasteiger partial charge is 0.340 e. The number of esters is 1. The van der Waals surface area contributed by atoms with Gasteiger partial charge in [-0.1, -0.05) is 42.5 Å². The molecule has 2 aromatic carbocycles. The van der Waals surface area contributed by atoms with Gasteiger partial charge in [0.1, 0.15) is 0 Å². The van der Waals surface area contributed by atoms with Crippen molar-refractivity contribution in [3.05, 3.63) is 71.4 Å². The SMILES string of the molecule is Cn1cc(C(=O)OCC(=O)NC2CCCc3ccccc32)c2ccccc21. The van der Waals surface area contributed by atoms with Crippen LogP contribution in [0, 0.1) is 0 Å². The molecule has 1 unspecified atom stereocenters. The van der Waals surface area contributed by atoms with Crippen LogP contribution in [0.5, 0.6) is 0 Å². The second-order valence-electron chi connectivity index (χ2n) is 6.96. The molecule has 1 aliphatic rings. The molecule has 5 nitrogen and oxygen atoms in total.